The first-order valence-electron chi connectivity index (χ1n) is 7.64. The Morgan fingerprint density at radius 2 is 1.88 bits per heavy atom. The van der Waals surface area contributed by atoms with Gasteiger partial charge in [0, 0.05) is 36.9 Å². The monoisotopic (exact) mass is 319 g/mol. The molecule has 0 aliphatic rings. The van der Waals surface area contributed by atoms with Gasteiger partial charge in [-0.05, 0) is 37.1 Å². The predicted molar refractivity (Wildman–Crippen MR) is 92.2 cm³/mol. The molecule has 120 valence electrons. The van der Waals surface area contributed by atoms with Crippen LogP contribution in [0.3, 0.4) is 0 Å². The largest absolute Gasteiger partial charge is 0.323 e. The Labute approximate surface area is 139 Å². The van der Waals surface area contributed by atoms with Crippen LogP contribution >= 0.6 is 0 Å². The summed E-state index contributed by atoms with van der Waals surface area (Å²) in [4.78, 5) is 9.03. The average molecular weight is 319 g/mol. The predicted octanol–water partition coefficient (Wildman–Crippen LogP) is 2.89. The van der Waals surface area contributed by atoms with Gasteiger partial charge >= 0.3 is 0 Å². The molecule has 24 heavy (non-hydrogen) atoms. The third kappa shape index (κ3) is 2.60. The number of benzene rings is 1. The molecule has 0 unspecified atom stereocenters. The smallest absolute Gasteiger partial charge is 0.247 e. The second-order valence-electron chi connectivity index (χ2n) is 5.88. The first kappa shape index (κ1) is 14.4. The summed E-state index contributed by atoms with van der Waals surface area (Å²) in [5, 5.41) is 12.0. The maximum absolute atomic E-state index is 4.59. The first-order valence-corrected chi connectivity index (χ1v) is 7.64. The van der Waals surface area contributed by atoms with E-state index in [-0.39, 0.29) is 0 Å². The van der Waals surface area contributed by atoms with E-state index in [1.807, 2.05) is 13.2 Å². The SMILES string of the molecule is Cc1cc(C)cc(Nc2nc3c(-c4cnn(C)c4)nccn3n2)c1. The summed E-state index contributed by atoms with van der Waals surface area (Å²) >= 11 is 0. The van der Waals surface area contributed by atoms with E-state index in [2.05, 4.69) is 57.5 Å². The van der Waals surface area contributed by atoms with Crippen LogP contribution in [0.5, 0.6) is 0 Å². The summed E-state index contributed by atoms with van der Waals surface area (Å²) in [6, 6.07) is 6.27. The van der Waals surface area contributed by atoms with Crippen molar-refractivity contribution in [3.05, 3.63) is 54.1 Å². The zero-order valence-corrected chi connectivity index (χ0v) is 13.7. The van der Waals surface area contributed by atoms with Gasteiger partial charge in [0.2, 0.25) is 5.95 Å². The fourth-order valence-electron chi connectivity index (χ4n) is 2.79. The molecule has 3 aromatic heterocycles. The summed E-state index contributed by atoms with van der Waals surface area (Å²) in [6.07, 6.45) is 7.18. The summed E-state index contributed by atoms with van der Waals surface area (Å²) < 4.78 is 3.46. The van der Waals surface area contributed by atoms with Crippen LogP contribution in [0.25, 0.3) is 16.9 Å². The van der Waals surface area contributed by atoms with Crippen LogP contribution in [0.1, 0.15) is 11.1 Å². The highest BCUT2D eigenvalue weighted by molar-refractivity contribution is 5.73. The van der Waals surface area contributed by atoms with Crippen LogP contribution in [-0.2, 0) is 7.05 Å². The van der Waals surface area contributed by atoms with Crippen molar-refractivity contribution >= 4 is 17.3 Å². The van der Waals surface area contributed by atoms with E-state index in [9.17, 15) is 0 Å². The highest BCUT2D eigenvalue weighted by Crippen LogP contribution is 2.23. The van der Waals surface area contributed by atoms with E-state index < -0.39 is 0 Å². The van der Waals surface area contributed by atoms with Gasteiger partial charge < -0.3 is 5.32 Å². The average Bonchev–Trinajstić information content (AvgIpc) is 3.11. The molecule has 4 rings (SSSR count). The first-order chi connectivity index (χ1) is 11.6. The van der Waals surface area contributed by atoms with Crippen molar-refractivity contribution in [2.24, 2.45) is 7.05 Å². The van der Waals surface area contributed by atoms with Crippen LogP contribution in [-0.4, -0.2) is 29.4 Å². The summed E-state index contributed by atoms with van der Waals surface area (Å²) in [6.45, 7) is 4.14. The topological polar surface area (TPSA) is 72.9 Å². The molecule has 0 amide bonds. The quantitative estimate of drug-likeness (QED) is 0.628. The number of anilines is 2. The molecule has 7 nitrogen and oxygen atoms in total. The number of hydrogen-bond donors (Lipinski definition) is 1. The molecule has 0 spiro atoms. The number of aryl methyl sites for hydroxylation is 3. The summed E-state index contributed by atoms with van der Waals surface area (Å²) in [7, 11) is 1.88. The summed E-state index contributed by atoms with van der Waals surface area (Å²) in [5.74, 6) is 0.540. The lowest BCUT2D eigenvalue weighted by molar-refractivity contribution is 0.768. The van der Waals surface area contributed by atoms with Crippen LogP contribution in [0.15, 0.2) is 43.0 Å². The molecule has 0 bridgehead atoms. The second kappa shape index (κ2) is 5.45. The minimum absolute atomic E-state index is 0.540. The number of aromatic nitrogens is 6. The van der Waals surface area contributed by atoms with E-state index in [1.165, 1.54) is 11.1 Å². The van der Waals surface area contributed by atoms with Gasteiger partial charge in [-0.1, -0.05) is 6.07 Å². The van der Waals surface area contributed by atoms with Crippen molar-refractivity contribution in [1.29, 1.82) is 0 Å². The van der Waals surface area contributed by atoms with E-state index in [0.717, 1.165) is 16.9 Å². The lowest BCUT2D eigenvalue weighted by atomic mass is 10.1. The number of nitrogens with one attached hydrogen (secondary N) is 1. The zero-order valence-electron chi connectivity index (χ0n) is 13.7. The van der Waals surface area contributed by atoms with Crippen molar-refractivity contribution in [3.63, 3.8) is 0 Å². The van der Waals surface area contributed by atoms with Gasteiger partial charge in [0.05, 0.1) is 6.20 Å². The molecule has 3 heterocycles. The van der Waals surface area contributed by atoms with Crippen LogP contribution in [0, 0.1) is 13.8 Å². The Balaban J connectivity index is 1.76. The molecule has 7 heteroatoms. The van der Waals surface area contributed by atoms with Gasteiger partial charge in [-0.15, -0.1) is 5.10 Å². The number of nitrogens with zero attached hydrogens (tertiary/aromatic N) is 6. The molecule has 1 N–H and O–H groups in total. The molecule has 0 radical (unpaired) electrons. The van der Waals surface area contributed by atoms with Gasteiger partial charge in [-0.2, -0.15) is 10.1 Å². The molecular weight excluding hydrogens is 302 g/mol. The maximum Gasteiger partial charge on any atom is 0.247 e. The highest BCUT2D eigenvalue weighted by atomic mass is 15.4. The fraction of sp³-hybridized carbons (Fsp3) is 0.176. The van der Waals surface area contributed by atoms with Crippen molar-refractivity contribution in [1.82, 2.24) is 29.4 Å². The maximum atomic E-state index is 4.59. The Morgan fingerprint density at radius 3 is 2.58 bits per heavy atom. The van der Waals surface area contributed by atoms with Crippen molar-refractivity contribution in [2.75, 3.05) is 5.32 Å². The molecule has 0 saturated heterocycles. The van der Waals surface area contributed by atoms with E-state index >= 15 is 0 Å². The number of rotatable bonds is 3. The Hall–Kier alpha value is -3.22. The second-order valence-corrected chi connectivity index (χ2v) is 5.88. The molecule has 0 fully saturated rings. The molecule has 0 saturated carbocycles. The molecule has 1 aromatic carbocycles. The van der Waals surface area contributed by atoms with E-state index in [4.69, 9.17) is 0 Å². The van der Waals surface area contributed by atoms with Crippen LogP contribution in [0.2, 0.25) is 0 Å². The van der Waals surface area contributed by atoms with Gasteiger partial charge in [0.15, 0.2) is 5.65 Å². The molecular formula is C17H17N7. The summed E-state index contributed by atoms with van der Waals surface area (Å²) in [5.41, 5.74) is 5.72. The van der Waals surface area contributed by atoms with Gasteiger partial charge in [-0.3, -0.25) is 9.67 Å². The molecule has 0 atom stereocenters. The van der Waals surface area contributed by atoms with Crippen molar-refractivity contribution in [2.45, 2.75) is 13.8 Å². The lowest BCUT2D eigenvalue weighted by Gasteiger charge is -2.04. The normalized spacial score (nSPS) is 11.1. The lowest BCUT2D eigenvalue weighted by Crippen LogP contribution is -1.94. The van der Waals surface area contributed by atoms with Gasteiger partial charge in [0.1, 0.15) is 5.69 Å². The van der Waals surface area contributed by atoms with Crippen LogP contribution in [0.4, 0.5) is 11.6 Å². The minimum atomic E-state index is 0.540. The van der Waals surface area contributed by atoms with Crippen molar-refractivity contribution < 1.29 is 0 Å². The third-order valence-electron chi connectivity index (χ3n) is 3.71. The molecule has 4 aromatic rings. The van der Waals surface area contributed by atoms with Gasteiger partial charge in [-0.25, -0.2) is 4.52 Å². The highest BCUT2D eigenvalue weighted by Gasteiger charge is 2.12. The minimum Gasteiger partial charge on any atom is -0.323 e. The van der Waals surface area contributed by atoms with Crippen LogP contribution < -0.4 is 5.32 Å². The fourth-order valence-corrected chi connectivity index (χ4v) is 2.79. The Kier molecular flexibility index (Phi) is 3.26. The number of hydrogen-bond acceptors (Lipinski definition) is 5. The molecule has 0 aliphatic heterocycles. The molecule has 0 aliphatic carbocycles. The van der Waals surface area contributed by atoms with E-state index in [1.54, 1.807) is 27.8 Å². The Morgan fingerprint density at radius 1 is 1.08 bits per heavy atom. The number of fused-ring (bicyclic) bond motifs is 1. The van der Waals surface area contributed by atoms with E-state index in [0.29, 0.717) is 11.6 Å². The standard InChI is InChI=1S/C17H17N7/c1-11-6-12(2)8-14(7-11)20-17-21-16-15(13-9-19-23(3)10-13)18-4-5-24(16)22-17/h4-10H,1-3H3,(H,20,22). The van der Waals surface area contributed by atoms with Crippen molar-refractivity contribution in [3.8, 4) is 11.3 Å². The zero-order chi connectivity index (χ0) is 16.7. The Bertz CT molecular complexity index is 1010. The third-order valence-corrected chi connectivity index (χ3v) is 3.71. The van der Waals surface area contributed by atoms with Gasteiger partial charge in [0.25, 0.3) is 0 Å².